The highest BCUT2D eigenvalue weighted by Gasteiger charge is 2.10. The van der Waals surface area contributed by atoms with Crippen molar-refractivity contribution in [3.63, 3.8) is 0 Å². The van der Waals surface area contributed by atoms with Crippen LogP contribution in [0.1, 0.15) is 37.9 Å². The van der Waals surface area contributed by atoms with Crippen LogP contribution >= 0.6 is 11.6 Å². The Balaban J connectivity index is 2.83. The van der Waals surface area contributed by atoms with Crippen molar-refractivity contribution in [1.29, 1.82) is 0 Å². The van der Waals surface area contributed by atoms with E-state index in [4.69, 9.17) is 11.6 Å². The molecule has 1 rings (SSSR count). The third kappa shape index (κ3) is 2.25. The van der Waals surface area contributed by atoms with Crippen LogP contribution in [0.25, 0.3) is 0 Å². The van der Waals surface area contributed by atoms with Crippen LogP contribution in [0.5, 0.6) is 0 Å². The lowest BCUT2D eigenvalue weighted by Crippen LogP contribution is -1.99. The number of halogens is 1. The highest BCUT2D eigenvalue weighted by atomic mass is 35.5. The molecule has 3 heteroatoms. The second-order valence-electron chi connectivity index (χ2n) is 3.29. The molecule has 0 radical (unpaired) electrons. The maximum Gasteiger partial charge on any atom is 0.130 e. The molecule has 13 heavy (non-hydrogen) atoms. The van der Waals surface area contributed by atoms with Crippen molar-refractivity contribution >= 4 is 11.6 Å². The largest absolute Gasteiger partial charge is 0.253 e. The van der Waals surface area contributed by atoms with Gasteiger partial charge >= 0.3 is 0 Å². The Morgan fingerprint density at radius 1 is 1.38 bits per heavy atom. The van der Waals surface area contributed by atoms with E-state index in [1.807, 2.05) is 11.6 Å². The first-order chi connectivity index (χ1) is 6.20. The summed E-state index contributed by atoms with van der Waals surface area (Å²) in [6, 6.07) is 0. The SMILES string of the molecule is CCCCn1nc(C)c(CC)c1Cl. The van der Waals surface area contributed by atoms with Crippen LogP contribution in [0.4, 0.5) is 0 Å². The molecule has 74 valence electrons. The molecule has 0 unspecified atom stereocenters. The predicted molar refractivity (Wildman–Crippen MR) is 56.3 cm³/mol. The Morgan fingerprint density at radius 3 is 2.54 bits per heavy atom. The van der Waals surface area contributed by atoms with E-state index < -0.39 is 0 Å². The summed E-state index contributed by atoms with van der Waals surface area (Å²) in [5.41, 5.74) is 2.27. The first-order valence-corrected chi connectivity index (χ1v) is 5.30. The minimum absolute atomic E-state index is 0.827. The molecule has 0 amide bonds. The number of nitrogens with zero attached hydrogens (tertiary/aromatic N) is 2. The summed E-state index contributed by atoms with van der Waals surface area (Å²) in [6.07, 6.45) is 3.29. The minimum Gasteiger partial charge on any atom is -0.253 e. The molecule has 0 atom stereocenters. The van der Waals surface area contributed by atoms with Gasteiger partial charge in [0, 0.05) is 12.1 Å². The molecule has 0 aromatic carbocycles. The van der Waals surface area contributed by atoms with Crippen LogP contribution in [0.2, 0.25) is 5.15 Å². The van der Waals surface area contributed by atoms with Gasteiger partial charge in [-0.15, -0.1) is 0 Å². The number of unbranched alkanes of at least 4 members (excludes halogenated alkanes) is 1. The van der Waals surface area contributed by atoms with Gasteiger partial charge in [0.2, 0.25) is 0 Å². The van der Waals surface area contributed by atoms with Crippen molar-refractivity contribution in [1.82, 2.24) is 9.78 Å². The molecule has 0 aliphatic carbocycles. The van der Waals surface area contributed by atoms with Gasteiger partial charge in [0.1, 0.15) is 5.15 Å². The normalized spacial score (nSPS) is 10.8. The van der Waals surface area contributed by atoms with Crippen LogP contribution < -0.4 is 0 Å². The molecular formula is C10H17ClN2. The molecule has 2 nitrogen and oxygen atoms in total. The molecule has 1 aromatic rings. The summed E-state index contributed by atoms with van der Waals surface area (Å²) < 4.78 is 1.92. The number of hydrogen-bond donors (Lipinski definition) is 0. The average molecular weight is 201 g/mol. The second kappa shape index (κ2) is 4.66. The monoisotopic (exact) mass is 200 g/mol. The Kier molecular flexibility index (Phi) is 3.79. The van der Waals surface area contributed by atoms with Crippen LogP contribution in [-0.2, 0) is 13.0 Å². The lowest BCUT2D eigenvalue weighted by molar-refractivity contribution is 0.569. The summed E-state index contributed by atoms with van der Waals surface area (Å²) in [7, 11) is 0. The van der Waals surface area contributed by atoms with Gasteiger partial charge in [0.25, 0.3) is 0 Å². The van der Waals surface area contributed by atoms with Gasteiger partial charge in [-0.05, 0) is 19.8 Å². The van der Waals surface area contributed by atoms with E-state index in [9.17, 15) is 0 Å². The summed E-state index contributed by atoms with van der Waals surface area (Å²) in [4.78, 5) is 0. The highest BCUT2D eigenvalue weighted by Crippen LogP contribution is 2.20. The Bertz CT molecular complexity index is 279. The van der Waals surface area contributed by atoms with Gasteiger partial charge in [0.05, 0.1) is 5.69 Å². The smallest absolute Gasteiger partial charge is 0.130 e. The zero-order chi connectivity index (χ0) is 9.84. The molecular weight excluding hydrogens is 184 g/mol. The summed E-state index contributed by atoms with van der Waals surface area (Å²) in [5, 5.41) is 5.23. The zero-order valence-electron chi connectivity index (χ0n) is 8.60. The molecule has 0 bridgehead atoms. The first-order valence-electron chi connectivity index (χ1n) is 4.92. The topological polar surface area (TPSA) is 17.8 Å². The number of hydrogen-bond acceptors (Lipinski definition) is 1. The molecule has 0 fully saturated rings. The molecule has 0 aliphatic heterocycles. The summed E-state index contributed by atoms with van der Waals surface area (Å²) in [6.45, 7) is 7.24. The van der Waals surface area contributed by atoms with E-state index in [2.05, 4.69) is 18.9 Å². The van der Waals surface area contributed by atoms with E-state index in [0.29, 0.717) is 0 Å². The van der Waals surface area contributed by atoms with E-state index >= 15 is 0 Å². The predicted octanol–water partition coefficient (Wildman–Crippen LogP) is 3.21. The molecule has 0 N–H and O–H groups in total. The van der Waals surface area contributed by atoms with Crippen molar-refractivity contribution in [2.75, 3.05) is 0 Å². The second-order valence-corrected chi connectivity index (χ2v) is 3.64. The van der Waals surface area contributed by atoms with E-state index in [-0.39, 0.29) is 0 Å². The van der Waals surface area contributed by atoms with Crippen LogP contribution in [0, 0.1) is 6.92 Å². The van der Waals surface area contributed by atoms with Gasteiger partial charge in [-0.1, -0.05) is 31.9 Å². The fraction of sp³-hybridized carbons (Fsp3) is 0.700. The van der Waals surface area contributed by atoms with Gasteiger partial charge in [-0.3, -0.25) is 4.68 Å². The zero-order valence-corrected chi connectivity index (χ0v) is 9.36. The quantitative estimate of drug-likeness (QED) is 0.730. The molecule has 0 saturated heterocycles. The Morgan fingerprint density at radius 2 is 2.08 bits per heavy atom. The fourth-order valence-corrected chi connectivity index (χ4v) is 1.84. The molecule has 1 heterocycles. The average Bonchev–Trinajstić information content (AvgIpc) is 2.38. The molecule has 1 aromatic heterocycles. The van der Waals surface area contributed by atoms with Crippen molar-refractivity contribution in [3.8, 4) is 0 Å². The van der Waals surface area contributed by atoms with Gasteiger partial charge in [-0.2, -0.15) is 5.10 Å². The number of rotatable bonds is 4. The van der Waals surface area contributed by atoms with Crippen molar-refractivity contribution < 1.29 is 0 Å². The fourth-order valence-electron chi connectivity index (χ4n) is 1.45. The Hall–Kier alpha value is -0.500. The van der Waals surface area contributed by atoms with Crippen molar-refractivity contribution in [2.45, 2.75) is 46.6 Å². The number of aryl methyl sites for hydroxylation is 2. The summed E-state index contributed by atoms with van der Waals surface area (Å²) in [5.74, 6) is 0. The Labute approximate surface area is 84.9 Å². The number of aromatic nitrogens is 2. The molecule has 0 aliphatic rings. The van der Waals surface area contributed by atoms with Crippen LogP contribution in [0.3, 0.4) is 0 Å². The van der Waals surface area contributed by atoms with Gasteiger partial charge in [-0.25, -0.2) is 0 Å². The standard InChI is InChI=1S/C10H17ClN2/c1-4-6-7-13-10(11)9(5-2)8(3)12-13/h4-7H2,1-3H3. The van der Waals surface area contributed by atoms with Gasteiger partial charge in [0.15, 0.2) is 0 Å². The lowest BCUT2D eigenvalue weighted by Gasteiger charge is -2.00. The van der Waals surface area contributed by atoms with E-state index in [1.165, 1.54) is 12.0 Å². The van der Waals surface area contributed by atoms with E-state index in [0.717, 1.165) is 30.2 Å². The van der Waals surface area contributed by atoms with Gasteiger partial charge < -0.3 is 0 Å². The van der Waals surface area contributed by atoms with E-state index in [1.54, 1.807) is 0 Å². The minimum atomic E-state index is 0.827. The summed E-state index contributed by atoms with van der Waals surface area (Å²) >= 11 is 6.17. The molecule has 0 spiro atoms. The van der Waals surface area contributed by atoms with Crippen molar-refractivity contribution in [3.05, 3.63) is 16.4 Å². The molecule has 0 saturated carbocycles. The third-order valence-corrected chi connectivity index (χ3v) is 2.68. The maximum absolute atomic E-state index is 6.17. The van der Waals surface area contributed by atoms with Crippen LogP contribution in [-0.4, -0.2) is 9.78 Å². The van der Waals surface area contributed by atoms with Crippen molar-refractivity contribution in [2.24, 2.45) is 0 Å². The maximum atomic E-state index is 6.17. The van der Waals surface area contributed by atoms with Crippen LogP contribution in [0.15, 0.2) is 0 Å². The highest BCUT2D eigenvalue weighted by molar-refractivity contribution is 6.30. The first kappa shape index (κ1) is 10.6. The third-order valence-electron chi connectivity index (χ3n) is 2.26. The lowest BCUT2D eigenvalue weighted by atomic mass is 10.2.